The molecule has 1 N–H and O–H groups in total. The average molecular weight is 353 g/mol. The van der Waals surface area contributed by atoms with Crippen molar-refractivity contribution in [3.63, 3.8) is 0 Å². The number of rotatable bonds is 12. The van der Waals surface area contributed by atoms with Gasteiger partial charge in [0.2, 0.25) is 0 Å². The molecule has 0 aromatic carbocycles. The average Bonchev–Trinajstić information content (AvgIpc) is 2.90. The number of imidazole rings is 1. The first-order valence-electron chi connectivity index (χ1n) is 10.3. The molecule has 1 aromatic rings. The first-order chi connectivity index (χ1) is 12.0. The molecule has 0 aliphatic rings. The SMILES string of the molecule is CC(=O)[O-].CCCCc1[nH]c(CCCC)[n+](CCCC)c1CCCC. The molecule has 25 heavy (non-hydrogen) atoms. The third-order valence-electron chi connectivity index (χ3n) is 4.35. The highest BCUT2D eigenvalue weighted by Gasteiger charge is 2.22. The van der Waals surface area contributed by atoms with Gasteiger partial charge in [-0.25, -0.2) is 9.55 Å². The first kappa shape index (κ1) is 23.7. The number of aromatic nitrogens is 2. The molecule has 0 radical (unpaired) electrons. The number of hydrogen-bond acceptors (Lipinski definition) is 2. The minimum absolute atomic E-state index is 0.972. The monoisotopic (exact) mass is 352 g/mol. The summed E-state index contributed by atoms with van der Waals surface area (Å²) in [5.41, 5.74) is 3.15. The fourth-order valence-corrected chi connectivity index (χ4v) is 2.96. The van der Waals surface area contributed by atoms with E-state index in [0.29, 0.717) is 0 Å². The fraction of sp³-hybridized carbons (Fsp3) is 0.810. The summed E-state index contributed by atoms with van der Waals surface area (Å²) >= 11 is 0. The molecule has 4 heteroatoms. The van der Waals surface area contributed by atoms with Gasteiger partial charge in [0.1, 0.15) is 11.4 Å². The van der Waals surface area contributed by atoms with Crippen LogP contribution in [-0.4, -0.2) is 11.0 Å². The molecular formula is C21H40N2O2. The van der Waals surface area contributed by atoms with Crippen molar-refractivity contribution in [3.05, 3.63) is 17.2 Å². The van der Waals surface area contributed by atoms with Crippen LogP contribution in [0.2, 0.25) is 0 Å². The van der Waals surface area contributed by atoms with Crippen molar-refractivity contribution in [1.29, 1.82) is 0 Å². The maximum Gasteiger partial charge on any atom is 0.254 e. The highest BCUT2D eigenvalue weighted by atomic mass is 16.4. The molecule has 0 bridgehead atoms. The highest BCUT2D eigenvalue weighted by molar-refractivity contribution is 5.60. The third kappa shape index (κ3) is 10.3. The number of aliphatic carboxylic acids is 1. The Hall–Kier alpha value is -1.32. The Morgan fingerprint density at radius 2 is 1.36 bits per heavy atom. The van der Waals surface area contributed by atoms with Crippen LogP contribution in [0.4, 0.5) is 0 Å². The lowest BCUT2D eigenvalue weighted by Crippen LogP contribution is -2.40. The van der Waals surface area contributed by atoms with E-state index < -0.39 is 5.97 Å². The molecule has 1 rings (SSSR count). The number of aromatic amines is 1. The minimum Gasteiger partial charge on any atom is -0.550 e. The predicted molar refractivity (Wildman–Crippen MR) is 102 cm³/mol. The van der Waals surface area contributed by atoms with Crippen molar-refractivity contribution in [2.24, 2.45) is 0 Å². The summed E-state index contributed by atoms with van der Waals surface area (Å²) in [6.07, 6.45) is 14.0. The smallest absolute Gasteiger partial charge is 0.254 e. The standard InChI is InChI=1S/C19H36N2.C2H4O2/c1-5-9-13-17-18(14-10-6-2)21(16-12-8-4)19(20-17)15-11-7-3;1-2(3)4/h5-16H2,1-4H3;1H3,(H,3,4). The Labute approximate surface area is 155 Å². The zero-order chi connectivity index (χ0) is 19.1. The number of aryl methyl sites for hydroxylation is 2. The van der Waals surface area contributed by atoms with Crippen molar-refractivity contribution < 1.29 is 14.5 Å². The van der Waals surface area contributed by atoms with Crippen LogP contribution in [0.5, 0.6) is 0 Å². The van der Waals surface area contributed by atoms with Gasteiger partial charge < -0.3 is 9.90 Å². The summed E-state index contributed by atoms with van der Waals surface area (Å²) in [4.78, 5) is 12.7. The van der Waals surface area contributed by atoms with Gasteiger partial charge in [0.05, 0.1) is 6.54 Å². The van der Waals surface area contributed by atoms with Crippen LogP contribution in [0.1, 0.15) is 103 Å². The number of carboxylic acids is 1. The molecule has 0 spiro atoms. The number of H-pyrrole nitrogens is 1. The van der Waals surface area contributed by atoms with Crippen molar-refractivity contribution >= 4 is 5.97 Å². The summed E-state index contributed by atoms with van der Waals surface area (Å²) in [5, 5.41) is 8.89. The van der Waals surface area contributed by atoms with Crippen molar-refractivity contribution in [2.45, 2.75) is 112 Å². The van der Waals surface area contributed by atoms with Crippen LogP contribution in [0.3, 0.4) is 0 Å². The Morgan fingerprint density at radius 3 is 1.88 bits per heavy atom. The molecule has 0 aliphatic carbocycles. The highest BCUT2D eigenvalue weighted by Crippen LogP contribution is 2.14. The van der Waals surface area contributed by atoms with Crippen molar-refractivity contribution in [1.82, 2.24) is 4.98 Å². The number of carboxylic acid groups (broad SMARTS) is 1. The number of carbonyl (C=O) groups excluding carboxylic acids is 1. The van der Waals surface area contributed by atoms with Crippen molar-refractivity contribution in [3.8, 4) is 0 Å². The predicted octanol–water partition coefficient (Wildman–Crippen LogP) is 3.89. The number of unbranched alkanes of at least 4 members (excludes halogenated alkanes) is 4. The van der Waals surface area contributed by atoms with Gasteiger partial charge in [-0.3, -0.25) is 0 Å². The summed E-state index contributed by atoms with van der Waals surface area (Å²) in [7, 11) is 0. The number of nitrogens with zero attached hydrogens (tertiary/aromatic N) is 1. The second kappa shape index (κ2) is 15.0. The van der Waals surface area contributed by atoms with Gasteiger partial charge in [-0.15, -0.1) is 0 Å². The quantitative estimate of drug-likeness (QED) is 0.580. The summed E-state index contributed by atoms with van der Waals surface area (Å²) in [6, 6.07) is 0. The molecule has 0 atom stereocenters. The maximum absolute atomic E-state index is 8.89. The summed E-state index contributed by atoms with van der Waals surface area (Å²) < 4.78 is 2.64. The Kier molecular flexibility index (Phi) is 14.2. The normalized spacial score (nSPS) is 10.4. The van der Waals surface area contributed by atoms with Crippen LogP contribution in [0.15, 0.2) is 0 Å². The Bertz CT molecular complexity index is 428. The van der Waals surface area contributed by atoms with E-state index in [1.807, 2.05) is 0 Å². The minimum atomic E-state index is -1.08. The zero-order valence-electron chi connectivity index (χ0n) is 17.2. The molecular weight excluding hydrogens is 312 g/mol. The first-order valence-corrected chi connectivity index (χ1v) is 10.3. The Balaban J connectivity index is 0.00000129. The Morgan fingerprint density at radius 1 is 0.880 bits per heavy atom. The van der Waals surface area contributed by atoms with Crippen LogP contribution in [-0.2, 0) is 30.6 Å². The van der Waals surface area contributed by atoms with Gasteiger partial charge in [-0.1, -0.05) is 53.4 Å². The van der Waals surface area contributed by atoms with E-state index in [0.717, 1.165) is 6.92 Å². The van der Waals surface area contributed by atoms with Crippen LogP contribution >= 0.6 is 0 Å². The van der Waals surface area contributed by atoms with E-state index in [2.05, 4.69) is 37.2 Å². The van der Waals surface area contributed by atoms with Crippen LogP contribution in [0.25, 0.3) is 0 Å². The van der Waals surface area contributed by atoms with E-state index in [4.69, 9.17) is 9.90 Å². The fourth-order valence-electron chi connectivity index (χ4n) is 2.96. The van der Waals surface area contributed by atoms with Gasteiger partial charge in [-0.2, -0.15) is 0 Å². The van der Waals surface area contributed by atoms with E-state index in [9.17, 15) is 0 Å². The molecule has 1 aromatic heterocycles. The lowest BCUT2D eigenvalue weighted by molar-refractivity contribution is -0.710. The largest absolute Gasteiger partial charge is 0.550 e. The van der Waals surface area contributed by atoms with Gasteiger partial charge >= 0.3 is 0 Å². The topological polar surface area (TPSA) is 59.8 Å². The number of nitrogens with one attached hydrogen (secondary N) is 1. The lowest BCUT2D eigenvalue weighted by Gasteiger charge is -2.05. The number of hydrogen-bond donors (Lipinski definition) is 1. The second-order valence-corrected chi connectivity index (χ2v) is 6.80. The van der Waals surface area contributed by atoms with Gasteiger partial charge in [-0.05, 0) is 32.6 Å². The molecule has 1 heterocycles. The van der Waals surface area contributed by atoms with Gasteiger partial charge in [0.25, 0.3) is 5.82 Å². The summed E-state index contributed by atoms with van der Waals surface area (Å²) in [6.45, 7) is 11.3. The van der Waals surface area contributed by atoms with E-state index in [1.54, 1.807) is 5.69 Å². The molecule has 0 amide bonds. The molecule has 0 unspecified atom stereocenters. The second-order valence-electron chi connectivity index (χ2n) is 6.80. The van der Waals surface area contributed by atoms with E-state index in [-0.39, 0.29) is 0 Å². The van der Waals surface area contributed by atoms with Crippen LogP contribution < -0.4 is 9.67 Å². The van der Waals surface area contributed by atoms with Gasteiger partial charge in [0.15, 0.2) is 0 Å². The molecule has 0 saturated heterocycles. The summed E-state index contributed by atoms with van der Waals surface area (Å²) in [5.74, 6) is 0.405. The maximum atomic E-state index is 8.89. The molecule has 4 nitrogen and oxygen atoms in total. The third-order valence-corrected chi connectivity index (χ3v) is 4.35. The molecule has 0 aliphatic heterocycles. The lowest BCUT2D eigenvalue weighted by atomic mass is 10.1. The van der Waals surface area contributed by atoms with Crippen LogP contribution in [0, 0.1) is 0 Å². The zero-order valence-corrected chi connectivity index (χ0v) is 17.2. The van der Waals surface area contributed by atoms with E-state index >= 15 is 0 Å². The molecule has 0 fully saturated rings. The van der Waals surface area contributed by atoms with Gasteiger partial charge in [0, 0.05) is 25.2 Å². The molecule has 146 valence electrons. The number of carbonyl (C=O) groups is 1. The van der Waals surface area contributed by atoms with Crippen molar-refractivity contribution in [2.75, 3.05) is 0 Å². The molecule has 0 saturated carbocycles. The van der Waals surface area contributed by atoms with E-state index in [1.165, 1.54) is 88.7 Å².